The van der Waals surface area contributed by atoms with Crippen molar-refractivity contribution in [2.75, 3.05) is 13.1 Å². The fourth-order valence-corrected chi connectivity index (χ4v) is 4.42. The van der Waals surface area contributed by atoms with Crippen LogP contribution in [0.2, 0.25) is 5.02 Å². The second-order valence-electron chi connectivity index (χ2n) is 7.24. The van der Waals surface area contributed by atoms with Gasteiger partial charge in [-0.3, -0.25) is 4.79 Å². The predicted octanol–water partition coefficient (Wildman–Crippen LogP) is 3.63. The van der Waals surface area contributed by atoms with Crippen LogP contribution >= 0.6 is 11.6 Å². The number of aromatic nitrogens is 3. The third-order valence-corrected chi connectivity index (χ3v) is 6.00. The highest BCUT2D eigenvalue weighted by Crippen LogP contribution is 2.36. The molecular weight excluding hydrogens is 336 g/mol. The molecule has 5 nitrogen and oxygen atoms in total. The molecule has 1 aliphatic carbocycles. The summed E-state index contributed by atoms with van der Waals surface area (Å²) in [5, 5.41) is 8.91. The number of carbonyl (C=O) groups is 1. The summed E-state index contributed by atoms with van der Waals surface area (Å²) < 4.78 is 1.68. The molecule has 1 saturated carbocycles. The molecule has 1 aliphatic heterocycles. The predicted molar refractivity (Wildman–Crippen MR) is 96.5 cm³/mol. The highest BCUT2D eigenvalue weighted by molar-refractivity contribution is 6.31. The summed E-state index contributed by atoms with van der Waals surface area (Å²) in [4.78, 5) is 14.8. The van der Waals surface area contributed by atoms with E-state index in [-0.39, 0.29) is 5.91 Å². The molecule has 6 heteroatoms. The average molecular weight is 359 g/mol. The van der Waals surface area contributed by atoms with Crippen LogP contribution < -0.4 is 0 Å². The molecule has 1 aromatic carbocycles. The van der Waals surface area contributed by atoms with Gasteiger partial charge in [0.1, 0.15) is 0 Å². The number of nitrogens with zero attached hydrogens (tertiary/aromatic N) is 4. The number of hydrogen-bond acceptors (Lipinski definition) is 3. The van der Waals surface area contributed by atoms with Crippen molar-refractivity contribution in [1.29, 1.82) is 0 Å². The molecule has 0 N–H and O–H groups in total. The number of fused-ring (bicyclic) bond motifs is 1. The van der Waals surface area contributed by atoms with E-state index < -0.39 is 0 Å². The maximum absolute atomic E-state index is 12.8. The van der Waals surface area contributed by atoms with Crippen molar-refractivity contribution in [3.05, 3.63) is 46.7 Å². The first-order chi connectivity index (χ1) is 12.2. The number of carbonyl (C=O) groups excluding carboxylic acids is 1. The van der Waals surface area contributed by atoms with Gasteiger partial charge in [-0.2, -0.15) is 0 Å². The molecule has 1 amide bonds. The first-order valence-corrected chi connectivity index (χ1v) is 9.51. The lowest BCUT2D eigenvalue weighted by Gasteiger charge is -2.41. The van der Waals surface area contributed by atoms with Crippen LogP contribution in [0.5, 0.6) is 0 Å². The van der Waals surface area contributed by atoms with Crippen molar-refractivity contribution in [1.82, 2.24) is 19.9 Å². The number of likely N-dealkylation sites (tertiary alicyclic amines) is 1. The van der Waals surface area contributed by atoms with Gasteiger partial charge < -0.3 is 4.90 Å². The van der Waals surface area contributed by atoms with Crippen LogP contribution in [0, 0.1) is 11.8 Å². The van der Waals surface area contributed by atoms with E-state index in [1.165, 1.54) is 25.7 Å². The maximum atomic E-state index is 12.8. The lowest BCUT2D eigenvalue weighted by Crippen LogP contribution is -2.44. The summed E-state index contributed by atoms with van der Waals surface area (Å²) in [6.45, 7) is 2.24. The molecular formula is C19H23ClN4O. The van der Waals surface area contributed by atoms with Crippen LogP contribution in [0.3, 0.4) is 0 Å². The van der Waals surface area contributed by atoms with Crippen molar-refractivity contribution >= 4 is 17.5 Å². The zero-order chi connectivity index (χ0) is 17.2. The van der Waals surface area contributed by atoms with E-state index in [0.717, 1.165) is 31.0 Å². The van der Waals surface area contributed by atoms with E-state index in [1.807, 2.05) is 29.2 Å². The van der Waals surface area contributed by atoms with E-state index in [2.05, 4.69) is 10.3 Å². The van der Waals surface area contributed by atoms with Crippen LogP contribution in [0.15, 0.2) is 30.5 Å². The van der Waals surface area contributed by atoms with Gasteiger partial charge in [0.2, 0.25) is 0 Å². The van der Waals surface area contributed by atoms with E-state index in [9.17, 15) is 4.79 Å². The molecule has 2 heterocycles. The molecule has 0 unspecified atom stereocenters. The number of benzene rings is 1. The Balaban J connectivity index is 1.43. The Bertz CT molecular complexity index is 759. The van der Waals surface area contributed by atoms with Gasteiger partial charge in [-0.25, -0.2) is 4.68 Å². The van der Waals surface area contributed by atoms with Crippen LogP contribution in [-0.4, -0.2) is 38.9 Å². The zero-order valence-corrected chi connectivity index (χ0v) is 15.0. The van der Waals surface area contributed by atoms with E-state index in [4.69, 9.17) is 11.6 Å². The number of hydrogen-bond donors (Lipinski definition) is 0. The normalized spacial score (nSPS) is 23.3. The largest absolute Gasteiger partial charge is 0.337 e. The number of rotatable bonds is 3. The minimum atomic E-state index is 0.00873. The molecule has 2 aromatic rings. The van der Waals surface area contributed by atoms with E-state index in [1.54, 1.807) is 10.9 Å². The van der Waals surface area contributed by atoms with Gasteiger partial charge in [-0.1, -0.05) is 54.3 Å². The highest BCUT2D eigenvalue weighted by atomic mass is 35.5. The first kappa shape index (κ1) is 16.6. The topological polar surface area (TPSA) is 51.0 Å². The van der Waals surface area contributed by atoms with Crippen molar-refractivity contribution < 1.29 is 4.79 Å². The number of piperidine rings is 1. The minimum absolute atomic E-state index is 0.00873. The summed E-state index contributed by atoms with van der Waals surface area (Å²) in [6.07, 6.45) is 8.11. The second-order valence-corrected chi connectivity index (χ2v) is 7.64. The Morgan fingerprint density at radius 2 is 1.96 bits per heavy atom. The van der Waals surface area contributed by atoms with Crippen LogP contribution in [0.4, 0.5) is 0 Å². The molecule has 0 spiro atoms. The summed E-state index contributed by atoms with van der Waals surface area (Å²) in [7, 11) is 0. The first-order valence-electron chi connectivity index (χ1n) is 9.13. The van der Waals surface area contributed by atoms with E-state index in [0.29, 0.717) is 23.2 Å². The monoisotopic (exact) mass is 358 g/mol. The van der Waals surface area contributed by atoms with Gasteiger partial charge in [0, 0.05) is 18.1 Å². The molecule has 132 valence electrons. The molecule has 0 radical (unpaired) electrons. The molecule has 1 saturated heterocycles. The molecule has 4 rings (SSSR count). The summed E-state index contributed by atoms with van der Waals surface area (Å²) in [6, 6.07) is 7.66. The van der Waals surface area contributed by atoms with Gasteiger partial charge in [0.05, 0.1) is 12.7 Å². The summed E-state index contributed by atoms with van der Waals surface area (Å²) in [5.41, 5.74) is 1.40. The number of halogens is 1. The Labute approximate surface area is 153 Å². The van der Waals surface area contributed by atoms with Crippen molar-refractivity contribution in [3.8, 4) is 0 Å². The van der Waals surface area contributed by atoms with Gasteiger partial charge in [0.15, 0.2) is 5.69 Å². The molecule has 2 aliphatic rings. The summed E-state index contributed by atoms with van der Waals surface area (Å²) in [5.74, 6) is 1.49. The van der Waals surface area contributed by atoms with Crippen molar-refractivity contribution in [3.63, 3.8) is 0 Å². The third-order valence-electron chi connectivity index (χ3n) is 5.63. The van der Waals surface area contributed by atoms with E-state index >= 15 is 0 Å². The lowest BCUT2D eigenvalue weighted by atomic mass is 9.75. The Morgan fingerprint density at radius 3 is 2.80 bits per heavy atom. The third kappa shape index (κ3) is 3.56. The lowest BCUT2D eigenvalue weighted by molar-refractivity contribution is 0.0515. The second kappa shape index (κ2) is 7.16. The average Bonchev–Trinajstić information content (AvgIpc) is 3.11. The van der Waals surface area contributed by atoms with Gasteiger partial charge in [-0.05, 0) is 36.3 Å². The minimum Gasteiger partial charge on any atom is -0.337 e. The Morgan fingerprint density at radius 1 is 1.16 bits per heavy atom. The molecule has 25 heavy (non-hydrogen) atoms. The van der Waals surface area contributed by atoms with Crippen LogP contribution in [0.25, 0.3) is 0 Å². The van der Waals surface area contributed by atoms with Crippen LogP contribution in [-0.2, 0) is 6.54 Å². The summed E-state index contributed by atoms with van der Waals surface area (Å²) >= 11 is 6.19. The highest BCUT2D eigenvalue weighted by Gasteiger charge is 2.33. The van der Waals surface area contributed by atoms with Gasteiger partial charge in [-0.15, -0.1) is 5.10 Å². The Hall–Kier alpha value is -1.88. The van der Waals surface area contributed by atoms with Crippen molar-refractivity contribution in [2.45, 2.75) is 38.6 Å². The maximum Gasteiger partial charge on any atom is 0.276 e. The fourth-order valence-electron chi connectivity index (χ4n) is 4.22. The molecule has 2 atom stereocenters. The van der Waals surface area contributed by atoms with Gasteiger partial charge >= 0.3 is 0 Å². The zero-order valence-electron chi connectivity index (χ0n) is 14.3. The Kier molecular flexibility index (Phi) is 4.75. The fraction of sp³-hybridized carbons (Fsp3) is 0.526. The molecule has 1 aromatic heterocycles. The number of amides is 1. The smallest absolute Gasteiger partial charge is 0.276 e. The molecule has 2 fully saturated rings. The molecule has 0 bridgehead atoms. The quantitative estimate of drug-likeness (QED) is 0.841. The standard InChI is InChI=1S/C19H23ClN4O/c20-17-8-4-3-7-16(17)12-24-13-18(21-22-24)19(25)23-10-9-14-5-1-2-6-15(14)11-23/h3-4,7-8,13-15H,1-2,5-6,9-12H2/t14-,15+/m1/s1. The SMILES string of the molecule is O=C(c1cn(Cc2ccccc2Cl)nn1)N1CC[C@H]2CCCC[C@H]2C1. The van der Waals surface area contributed by atoms with Crippen molar-refractivity contribution in [2.24, 2.45) is 11.8 Å². The van der Waals surface area contributed by atoms with Crippen LogP contribution in [0.1, 0.15) is 48.2 Å². The van der Waals surface area contributed by atoms with Gasteiger partial charge in [0.25, 0.3) is 5.91 Å².